The zero-order valence-corrected chi connectivity index (χ0v) is 9.61. The van der Waals surface area contributed by atoms with E-state index in [-0.39, 0.29) is 6.29 Å². The van der Waals surface area contributed by atoms with Crippen LogP contribution < -0.4 is 0 Å². The van der Waals surface area contributed by atoms with Crippen LogP contribution in [-0.4, -0.2) is 19.5 Å². The van der Waals surface area contributed by atoms with Gasteiger partial charge in [-0.05, 0) is 31.6 Å². The van der Waals surface area contributed by atoms with Crippen LogP contribution in [0.5, 0.6) is 0 Å². The first-order valence-corrected chi connectivity index (χ1v) is 6.16. The summed E-state index contributed by atoms with van der Waals surface area (Å²) in [6.45, 7) is 2.34. The SMILES string of the molecule is COC1O[C@H]2C[C@@H](C)CC3=CCC[C@@H]1[C@H]32. The van der Waals surface area contributed by atoms with Crippen LogP contribution in [0.25, 0.3) is 0 Å². The summed E-state index contributed by atoms with van der Waals surface area (Å²) in [6.07, 6.45) is 7.95. The van der Waals surface area contributed by atoms with Crippen LogP contribution >= 0.6 is 0 Å². The second-order valence-electron chi connectivity index (χ2n) is 5.37. The van der Waals surface area contributed by atoms with E-state index >= 15 is 0 Å². The summed E-state index contributed by atoms with van der Waals surface area (Å²) in [5, 5.41) is 0. The highest BCUT2D eigenvalue weighted by Gasteiger charge is 2.49. The van der Waals surface area contributed by atoms with Crippen LogP contribution in [0.15, 0.2) is 11.6 Å². The summed E-state index contributed by atoms with van der Waals surface area (Å²) >= 11 is 0. The first kappa shape index (κ1) is 9.86. The molecule has 0 radical (unpaired) electrons. The standard InChI is InChI=1S/C13H20O2/c1-8-6-9-4-3-5-10-12(9)11(7-8)15-13(10)14-2/h4,8,10-13H,3,5-7H2,1-2H3/t8-,10+,11-,12-,13?/m0/s1. The van der Waals surface area contributed by atoms with E-state index in [2.05, 4.69) is 13.0 Å². The van der Waals surface area contributed by atoms with Gasteiger partial charge in [-0.2, -0.15) is 0 Å². The Bertz CT molecular complexity index is 284. The van der Waals surface area contributed by atoms with Crippen LogP contribution in [0, 0.1) is 17.8 Å². The molecular weight excluding hydrogens is 188 g/mol. The van der Waals surface area contributed by atoms with Crippen molar-refractivity contribution in [2.24, 2.45) is 17.8 Å². The van der Waals surface area contributed by atoms with Gasteiger partial charge in [-0.25, -0.2) is 0 Å². The Hall–Kier alpha value is -0.340. The summed E-state index contributed by atoms with van der Waals surface area (Å²) in [6, 6.07) is 0. The number of allylic oxidation sites excluding steroid dienone is 1. The van der Waals surface area contributed by atoms with Crippen molar-refractivity contribution in [3.8, 4) is 0 Å². The molecule has 2 aliphatic carbocycles. The van der Waals surface area contributed by atoms with Gasteiger partial charge in [0.15, 0.2) is 6.29 Å². The second kappa shape index (κ2) is 3.60. The highest BCUT2D eigenvalue weighted by molar-refractivity contribution is 5.19. The number of hydrogen-bond donors (Lipinski definition) is 0. The summed E-state index contributed by atoms with van der Waals surface area (Å²) in [4.78, 5) is 0. The maximum absolute atomic E-state index is 6.04. The van der Waals surface area contributed by atoms with Gasteiger partial charge in [0, 0.05) is 18.9 Å². The molecule has 0 aromatic carbocycles. The first-order valence-electron chi connectivity index (χ1n) is 6.16. The lowest BCUT2D eigenvalue weighted by atomic mass is 9.68. The Morgan fingerprint density at radius 3 is 3.13 bits per heavy atom. The molecule has 0 aromatic heterocycles. The Balaban J connectivity index is 1.90. The molecule has 1 aliphatic heterocycles. The van der Waals surface area contributed by atoms with Gasteiger partial charge in [0.25, 0.3) is 0 Å². The highest BCUT2D eigenvalue weighted by atomic mass is 16.7. The van der Waals surface area contributed by atoms with Crippen molar-refractivity contribution in [2.75, 3.05) is 7.11 Å². The van der Waals surface area contributed by atoms with Gasteiger partial charge in [-0.3, -0.25) is 0 Å². The molecule has 0 aromatic rings. The lowest BCUT2D eigenvalue weighted by Gasteiger charge is -2.36. The van der Waals surface area contributed by atoms with E-state index in [9.17, 15) is 0 Å². The van der Waals surface area contributed by atoms with Gasteiger partial charge in [0.1, 0.15) is 0 Å². The smallest absolute Gasteiger partial charge is 0.161 e. The summed E-state index contributed by atoms with van der Waals surface area (Å²) < 4.78 is 11.5. The van der Waals surface area contributed by atoms with Crippen molar-refractivity contribution in [1.29, 1.82) is 0 Å². The minimum atomic E-state index is 0.0639. The third kappa shape index (κ3) is 1.46. The normalized spacial score (nSPS) is 48.7. The molecule has 1 saturated heterocycles. The van der Waals surface area contributed by atoms with Crippen molar-refractivity contribution in [3.63, 3.8) is 0 Å². The predicted molar refractivity (Wildman–Crippen MR) is 58.4 cm³/mol. The summed E-state index contributed by atoms with van der Waals surface area (Å²) in [5.74, 6) is 2.10. The van der Waals surface area contributed by atoms with Crippen LogP contribution in [-0.2, 0) is 9.47 Å². The van der Waals surface area contributed by atoms with Gasteiger partial charge in [0.2, 0.25) is 0 Å². The summed E-state index contributed by atoms with van der Waals surface area (Å²) in [7, 11) is 1.78. The molecule has 0 amide bonds. The Labute approximate surface area is 91.6 Å². The summed E-state index contributed by atoms with van der Waals surface area (Å²) in [5.41, 5.74) is 1.66. The molecule has 15 heavy (non-hydrogen) atoms. The van der Waals surface area contributed by atoms with Gasteiger partial charge in [-0.15, -0.1) is 0 Å². The van der Waals surface area contributed by atoms with Crippen molar-refractivity contribution in [2.45, 2.75) is 45.0 Å². The van der Waals surface area contributed by atoms with E-state index in [0.717, 1.165) is 5.92 Å². The Morgan fingerprint density at radius 1 is 1.47 bits per heavy atom. The fraction of sp³-hybridized carbons (Fsp3) is 0.846. The van der Waals surface area contributed by atoms with E-state index in [1.807, 2.05) is 0 Å². The fourth-order valence-corrected chi connectivity index (χ4v) is 3.76. The minimum absolute atomic E-state index is 0.0639. The molecule has 0 spiro atoms. The van der Waals surface area contributed by atoms with Crippen molar-refractivity contribution >= 4 is 0 Å². The third-order valence-electron chi connectivity index (χ3n) is 4.31. The molecule has 1 saturated carbocycles. The minimum Gasteiger partial charge on any atom is -0.356 e. The van der Waals surface area contributed by atoms with E-state index < -0.39 is 0 Å². The monoisotopic (exact) mass is 208 g/mol. The number of rotatable bonds is 1. The first-order chi connectivity index (χ1) is 7.29. The van der Waals surface area contributed by atoms with E-state index in [1.165, 1.54) is 25.7 Å². The lowest BCUT2D eigenvalue weighted by molar-refractivity contribution is -0.135. The number of ether oxygens (including phenoxy) is 2. The molecule has 3 rings (SSSR count). The van der Waals surface area contributed by atoms with Crippen molar-refractivity contribution in [3.05, 3.63) is 11.6 Å². The fourth-order valence-electron chi connectivity index (χ4n) is 3.76. The molecule has 2 fully saturated rings. The molecule has 84 valence electrons. The molecule has 1 unspecified atom stereocenters. The van der Waals surface area contributed by atoms with Crippen LogP contribution in [0.4, 0.5) is 0 Å². The zero-order chi connectivity index (χ0) is 10.4. The molecule has 0 bridgehead atoms. The van der Waals surface area contributed by atoms with Crippen molar-refractivity contribution < 1.29 is 9.47 Å². The number of hydrogen-bond acceptors (Lipinski definition) is 2. The number of methoxy groups -OCH3 is 1. The Morgan fingerprint density at radius 2 is 2.33 bits per heavy atom. The highest BCUT2D eigenvalue weighted by Crippen LogP contribution is 2.50. The molecular formula is C13H20O2. The van der Waals surface area contributed by atoms with E-state index in [1.54, 1.807) is 12.7 Å². The predicted octanol–water partition coefficient (Wildman–Crippen LogP) is 2.74. The molecule has 0 N–H and O–H groups in total. The van der Waals surface area contributed by atoms with Crippen LogP contribution in [0.3, 0.4) is 0 Å². The van der Waals surface area contributed by atoms with Crippen LogP contribution in [0.2, 0.25) is 0 Å². The average molecular weight is 208 g/mol. The molecule has 2 heteroatoms. The third-order valence-corrected chi connectivity index (χ3v) is 4.31. The molecule has 2 nitrogen and oxygen atoms in total. The maximum atomic E-state index is 6.04. The van der Waals surface area contributed by atoms with Crippen molar-refractivity contribution in [1.82, 2.24) is 0 Å². The topological polar surface area (TPSA) is 18.5 Å². The van der Waals surface area contributed by atoms with Gasteiger partial charge < -0.3 is 9.47 Å². The molecule has 1 heterocycles. The molecule has 5 atom stereocenters. The zero-order valence-electron chi connectivity index (χ0n) is 9.61. The quantitative estimate of drug-likeness (QED) is 0.617. The largest absolute Gasteiger partial charge is 0.356 e. The van der Waals surface area contributed by atoms with Gasteiger partial charge in [0.05, 0.1) is 6.10 Å². The van der Waals surface area contributed by atoms with E-state index in [0.29, 0.717) is 17.9 Å². The Kier molecular flexibility index (Phi) is 2.37. The van der Waals surface area contributed by atoms with Gasteiger partial charge in [-0.1, -0.05) is 18.6 Å². The lowest BCUT2D eigenvalue weighted by Crippen LogP contribution is -2.32. The van der Waals surface area contributed by atoms with Gasteiger partial charge >= 0.3 is 0 Å². The maximum Gasteiger partial charge on any atom is 0.161 e. The van der Waals surface area contributed by atoms with E-state index in [4.69, 9.17) is 9.47 Å². The molecule has 3 aliphatic rings. The second-order valence-corrected chi connectivity index (χ2v) is 5.37. The average Bonchev–Trinajstić information content (AvgIpc) is 2.58. The van der Waals surface area contributed by atoms with Crippen LogP contribution in [0.1, 0.15) is 32.6 Å².